The summed E-state index contributed by atoms with van der Waals surface area (Å²) in [6.07, 6.45) is 7.35. The zero-order valence-electron chi connectivity index (χ0n) is 28.1. The molecule has 1 saturated carbocycles. The van der Waals surface area contributed by atoms with Crippen LogP contribution in [0.2, 0.25) is 0 Å². The SMILES string of the molecule is COCc1nc2c3c(c(OC)cc2n1C)-c1cccn2c(C(=O)c4cc(F)c(NC(=O)/C=C/CNC5(C)CC5)c(F)c4)cc(c12)CCN3C. The molecule has 1 aliphatic carbocycles. The molecule has 1 amide bonds. The lowest BCUT2D eigenvalue weighted by Crippen LogP contribution is -2.27. The van der Waals surface area contributed by atoms with Crippen LogP contribution >= 0.6 is 0 Å². The fourth-order valence-corrected chi connectivity index (χ4v) is 6.66. The van der Waals surface area contributed by atoms with E-state index in [0.717, 1.165) is 69.7 Å². The first kappa shape index (κ1) is 32.5. The summed E-state index contributed by atoms with van der Waals surface area (Å²) in [5.74, 6) is -1.89. The summed E-state index contributed by atoms with van der Waals surface area (Å²) in [6.45, 7) is 3.51. The second kappa shape index (κ2) is 12.4. The summed E-state index contributed by atoms with van der Waals surface area (Å²) >= 11 is 0. The third kappa shape index (κ3) is 5.74. The van der Waals surface area contributed by atoms with Gasteiger partial charge >= 0.3 is 0 Å². The monoisotopic (exact) mass is 668 g/mol. The van der Waals surface area contributed by atoms with Crippen molar-refractivity contribution in [2.75, 3.05) is 44.6 Å². The zero-order valence-corrected chi connectivity index (χ0v) is 28.1. The number of aryl methyl sites for hydroxylation is 1. The average molecular weight is 669 g/mol. The number of carbonyl (C=O) groups excluding carboxylic acids is 2. The molecule has 2 N–H and O–H groups in total. The lowest BCUT2D eigenvalue weighted by atomic mass is 9.96. The van der Waals surface area contributed by atoms with E-state index in [4.69, 9.17) is 14.5 Å². The average Bonchev–Trinajstić information content (AvgIpc) is 3.58. The molecular formula is C37H38F2N6O4. The lowest BCUT2D eigenvalue weighted by molar-refractivity contribution is -0.112. The van der Waals surface area contributed by atoms with Crippen LogP contribution in [0.4, 0.5) is 20.2 Å². The Balaban J connectivity index is 1.26. The van der Waals surface area contributed by atoms with Gasteiger partial charge < -0.3 is 34.0 Å². The standard InChI is InChI=1S/C37H38F2N6O4/c1-37(11-12-37)40-13-6-9-30(46)42-32-24(38)16-22(17-25(32)39)36(47)27-18-21-10-15-43(2)35-31(23-8-7-14-45(27)34(21)23)28(49-5)19-26-33(35)41-29(20-48-4)44(26)3/h6-9,14,16-19,40H,10-13,15,20H2,1-5H3,(H,42,46)/b9-6+. The van der Waals surface area contributed by atoms with E-state index in [9.17, 15) is 9.59 Å². The van der Waals surface area contributed by atoms with Crippen LogP contribution in [-0.4, -0.2) is 65.5 Å². The predicted molar refractivity (Wildman–Crippen MR) is 185 cm³/mol. The van der Waals surface area contributed by atoms with Crippen molar-refractivity contribution in [3.8, 4) is 16.9 Å². The fraction of sp³-hybridized carbons (Fsp3) is 0.324. The number of ether oxygens (including phenoxy) is 2. The van der Waals surface area contributed by atoms with Crippen LogP contribution in [0, 0.1) is 11.6 Å². The summed E-state index contributed by atoms with van der Waals surface area (Å²) in [7, 11) is 7.20. The summed E-state index contributed by atoms with van der Waals surface area (Å²) < 4.78 is 45.7. The van der Waals surface area contributed by atoms with Crippen LogP contribution in [0.3, 0.4) is 0 Å². The molecule has 1 fully saturated rings. The van der Waals surface area contributed by atoms with E-state index >= 15 is 8.78 Å². The Labute approximate surface area is 282 Å². The number of ketones is 1. The number of carbonyl (C=O) groups is 2. The molecule has 0 spiro atoms. The number of imidazole rings is 1. The van der Waals surface area contributed by atoms with Crippen molar-refractivity contribution in [3.63, 3.8) is 0 Å². The molecule has 5 aromatic rings. The van der Waals surface area contributed by atoms with Crippen molar-refractivity contribution in [1.82, 2.24) is 19.3 Å². The minimum atomic E-state index is -1.04. The molecule has 10 nitrogen and oxygen atoms in total. The highest BCUT2D eigenvalue weighted by Gasteiger charge is 2.36. The van der Waals surface area contributed by atoms with E-state index in [1.54, 1.807) is 37.0 Å². The molecule has 12 heteroatoms. The fourth-order valence-electron chi connectivity index (χ4n) is 6.66. The molecule has 254 valence electrons. The Bertz CT molecular complexity index is 2160. The number of methoxy groups -OCH3 is 2. The summed E-state index contributed by atoms with van der Waals surface area (Å²) in [5, 5.41) is 5.57. The second-order valence-electron chi connectivity index (χ2n) is 13.0. The number of fused-ring (bicyclic) bond motifs is 4. The normalized spacial score (nSPS) is 15.0. The zero-order chi connectivity index (χ0) is 34.6. The van der Waals surface area contributed by atoms with Gasteiger partial charge in [-0.3, -0.25) is 9.59 Å². The van der Waals surface area contributed by atoms with Crippen molar-refractivity contribution in [2.45, 2.75) is 38.3 Å². The number of nitrogens with zero attached hydrogens (tertiary/aromatic N) is 4. The molecule has 0 radical (unpaired) electrons. The van der Waals surface area contributed by atoms with Gasteiger partial charge in [0, 0.05) is 69.3 Å². The first-order valence-corrected chi connectivity index (χ1v) is 16.2. The van der Waals surface area contributed by atoms with Gasteiger partial charge in [-0.25, -0.2) is 13.8 Å². The molecule has 2 aromatic carbocycles. The molecule has 1 aliphatic heterocycles. The quantitative estimate of drug-likeness (QED) is 0.144. The van der Waals surface area contributed by atoms with Gasteiger partial charge in [0.15, 0.2) is 0 Å². The molecule has 0 atom stereocenters. The topological polar surface area (TPSA) is 102 Å². The smallest absolute Gasteiger partial charge is 0.248 e. The van der Waals surface area contributed by atoms with E-state index in [-0.39, 0.29) is 16.8 Å². The van der Waals surface area contributed by atoms with E-state index in [0.29, 0.717) is 31.9 Å². The molecule has 4 heterocycles. The molecule has 0 bridgehead atoms. The number of halogens is 2. The Morgan fingerprint density at radius 1 is 1.10 bits per heavy atom. The van der Waals surface area contributed by atoms with Gasteiger partial charge in [-0.05, 0) is 56.0 Å². The van der Waals surface area contributed by atoms with Crippen LogP contribution in [-0.2, 0) is 29.6 Å². The highest BCUT2D eigenvalue weighted by atomic mass is 19.1. The van der Waals surface area contributed by atoms with Gasteiger partial charge in [-0.2, -0.15) is 0 Å². The highest BCUT2D eigenvalue weighted by molar-refractivity contribution is 6.11. The molecule has 49 heavy (non-hydrogen) atoms. The third-order valence-electron chi connectivity index (χ3n) is 9.64. The lowest BCUT2D eigenvalue weighted by Gasteiger charge is -2.27. The maximum absolute atomic E-state index is 15.3. The Kier molecular flexibility index (Phi) is 8.24. The number of aromatic nitrogens is 3. The van der Waals surface area contributed by atoms with Crippen molar-refractivity contribution < 1.29 is 27.8 Å². The van der Waals surface area contributed by atoms with Crippen molar-refractivity contribution in [2.24, 2.45) is 7.05 Å². The van der Waals surface area contributed by atoms with Gasteiger partial charge in [0.1, 0.15) is 41.0 Å². The first-order chi connectivity index (χ1) is 23.5. The predicted octanol–water partition coefficient (Wildman–Crippen LogP) is 5.79. The number of anilines is 2. The van der Waals surface area contributed by atoms with Crippen LogP contribution in [0.15, 0.2) is 54.7 Å². The Morgan fingerprint density at radius 2 is 1.86 bits per heavy atom. The van der Waals surface area contributed by atoms with Crippen LogP contribution < -0.4 is 20.3 Å². The molecule has 0 saturated heterocycles. The van der Waals surface area contributed by atoms with Gasteiger partial charge in [0.05, 0.1) is 35.1 Å². The largest absolute Gasteiger partial charge is 0.496 e. The Morgan fingerprint density at radius 3 is 2.55 bits per heavy atom. The maximum Gasteiger partial charge on any atom is 0.248 e. The minimum Gasteiger partial charge on any atom is -0.496 e. The number of likely N-dealkylation sites (N-methyl/N-ethyl adjacent to an activating group) is 1. The minimum absolute atomic E-state index is 0.0972. The summed E-state index contributed by atoms with van der Waals surface area (Å²) in [6, 6.07) is 9.48. The maximum atomic E-state index is 15.3. The number of rotatable bonds is 10. The van der Waals surface area contributed by atoms with E-state index < -0.39 is 29.0 Å². The number of hydrogen-bond acceptors (Lipinski definition) is 7. The van der Waals surface area contributed by atoms with Crippen LogP contribution in [0.5, 0.6) is 5.75 Å². The molecule has 3 aromatic heterocycles. The Hall–Kier alpha value is -5.07. The third-order valence-corrected chi connectivity index (χ3v) is 9.64. The number of benzene rings is 2. The van der Waals surface area contributed by atoms with E-state index in [1.165, 1.54) is 6.08 Å². The van der Waals surface area contributed by atoms with Crippen LogP contribution in [0.1, 0.15) is 47.2 Å². The molecule has 0 unspecified atom stereocenters. The van der Waals surface area contributed by atoms with E-state index in [2.05, 4.69) is 22.5 Å². The number of pyridine rings is 1. The number of amides is 1. The summed E-state index contributed by atoms with van der Waals surface area (Å²) in [4.78, 5) is 33.5. The van der Waals surface area contributed by atoms with Crippen molar-refractivity contribution >= 4 is 39.6 Å². The van der Waals surface area contributed by atoms with Gasteiger partial charge in [-0.1, -0.05) is 12.1 Å². The molecule has 7 rings (SSSR count). The first-order valence-electron chi connectivity index (χ1n) is 16.2. The van der Waals surface area contributed by atoms with Crippen molar-refractivity contribution in [1.29, 1.82) is 0 Å². The molecule has 2 aliphatic rings. The van der Waals surface area contributed by atoms with E-state index in [1.807, 2.05) is 36.9 Å². The van der Waals surface area contributed by atoms with Gasteiger partial charge in [0.2, 0.25) is 11.7 Å². The second-order valence-corrected chi connectivity index (χ2v) is 13.0. The van der Waals surface area contributed by atoms with Gasteiger partial charge in [-0.15, -0.1) is 0 Å². The van der Waals surface area contributed by atoms with Crippen molar-refractivity contribution in [3.05, 3.63) is 89.0 Å². The highest BCUT2D eigenvalue weighted by Crippen LogP contribution is 2.47. The summed E-state index contributed by atoms with van der Waals surface area (Å²) in [5.41, 5.74) is 5.53. The molecular weight excluding hydrogens is 630 g/mol. The number of nitrogens with one attached hydrogen (secondary N) is 2. The van der Waals surface area contributed by atoms with Crippen LogP contribution in [0.25, 0.3) is 27.7 Å². The number of hydrogen-bond donors (Lipinski definition) is 2. The van der Waals surface area contributed by atoms with Gasteiger partial charge in [0.25, 0.3) is 0 Å².